The molecule has 4 rings (SSSR count). The molecule has 0 spiro atoms. The van der Waals surface area contributed by atoms with Crippen molar-refractivity contribution in [1.29, 1.82) is 0 Å². The van der Waals surface area contributed by atoms with Crippen molar-refractivity contribution in [3.63, 3.8) is 0 Å². The van der Waals surface area contributed by atoms with Crippen LogP contribution in [0.25, 0.3) is 32.7 Å². The van der Waals surface area contributed by atoms with Crippen molar-refractivity contribution in [3.8, 4) is 11.1 Å². The first-order valence-electron chi connectivity index (χ1n) is 11.0. The second-order valence-electron chi connectivity index (χ2n) is 10.9. The molecule has 2 heteroatoms. The molecule has 0 N–H and O–H groups in total. The molecular formula is C28H34Si2. The van der Waals surface area contributed by atoms with Crippen LogP contribution in [0, 0.1) is 13.8 Å². The molecule has 0 saturated carbocycles. The lowest BCUT2D eigenvalue weighted by Crippen LogP contribution is -2.38. The summed E-state index contributed by atoms with van der Waals surface area (Å²) in [6.07, 6.45) is 0. The number of hydrogen-bond donors (Lipinski definition) is 0. The van der Waals surface area contributed by atoms with Gasteiger partial charge in [0.25, 0.3) is 0 Å². The zero-order valence-corrected chi connectivity index (χ0v) is 21.8. The van der Waals surface area contributed by atoms with Gasteiger partial charge in [0.1, 0.15) is 0 Å². The van der Waals surface area contributed by atoms with Crippen molar-refractivity contribution in [3.05, 3.63) is 71.8 Å². The molecule has 0 nitrogen and oxygen atoms in total. The Labute approximate surface area is 184 Å². The van der Waals surface area contributed by atoms with Gasteiger partial charge in [0.2, 0.25) is 0 Å². The smallest absolute Gasteiger partial charge is 0.0656 e. The van der Waals surface area contributed by atoms with E-state index >= 15 is 0 Å². The largest absolute Gasteiger partial charge is 0.0784 e. The summed E-state index contributed by atoms with van der Waals surface area (Å²) in [7, 11) is -2.76. The van der Waals surface area contributed by atoms with Gasteiger partial charge in [-0.05, 0) is 69.8 Å². The Balaban J connectivity index is 1.93. The Hall–Kier alpha value is -2.17. The minimum absolute atomic E-state index is 1.32. The van der Waals surface area contributed by atoms with Crippen LogP contribution < -0.4 is 10.4 Å². The average Bonchev–Trinajstić information content (AvgIpc) is 2.66. The maximum Gasteiger partial charge on any atom is 0.0784 e. The molecule has 4 aromatic carbocycles. The van der Waals surface area contributed by atoms with Gasteiger partial charge in [-0.25, -0.2) is 0 Å². The van der Waals surface area contributed by atoms with E-state index in [1.165, 1.54) is 43.8 Å². The molecule has 0 aliphatic rings. The van der Waals surface area contributed by atoms with Gasteiger partial charge < -0.3 is 0 Å². The Morgan fingerprint density at radius 2 is 0.800 bits per heavy atom. The van der Waals surface area contributed by atoms with Crippen LogP contribution in [0.2, 0.25) is 39.3 Å². The summed E-state index contributed by atoms with van der Waals surface area (Å²) in [6, 6.07) is 23.5. The van der Waals surface area contributed by atoms with Crippen LogP contribution in [0.3, 0.4) is 0 Å². The van der Waals surface area contributed by atoms with Crippen molar-refractivity contribution in [2.45, 2.75) is 53.1 Å². The molecule has 0 amide bonds. The third kappa shape index (κ3) is 3.68. The number of aryl methyl sites for hydroxylation is 2. The molecule has 0 atom stereocenters. The zero-order chi connectivity index (χ0) is 21.8. The summed E-state index contributed by atoms with van der Waals surface area (Å²) < 4.78 is 0. The molecule has 30 heavy (non-hydrogen) atoms. The highest BCUT2D eigenvalue weighted by Crippen LogP contribution is 2.30. The van der Waals surface area contributed by atoms with E-state index in [2.05, 4.69) is 114 Å². The predicted octanol–water partition coefficient (Wildman–Crippen LogP) is 7.37. The van der Waals surface area contributed by atoms with Crippen LogP contribution in [0.15, 0.2) is 60.7 Å². The molecule has 0 aliphatic heterocycles. The maximum absolute atomic E-state index is 2.44. The van der Waals surface area contributed by atoms with E-state index in [0.29, 0.717) is 0 Å². The second kappa shape index (κ2) is 7.21. The fraction of sp³-hybridized carbons (Fsp3) is 0.286. The molecule has 0 saturated heterocycles. The van der Waals surface area contributed by atoms with E-state index in [0.717, 1.165) is 0 Å². The number of rotatable bonds is 3. The first-order valence-corrected chi connectivity index (χ1v) is 18.0. The van der Waals surface area contributed by atoms with Crippen LogP contribution in [0.5, 0.6) is 0 Å². The monoisotopic (exact) mass is 426 g/mol. The summed E-state index contributed by atoms with van der Waals surface area (Å²) >= 11 is 0. The van der Waals surface area contributed by atoms with Crippen LogP contribution in [-0.2, 0) is 0 Å². The number of hydrogen-bond acceptors (Lipinski definition) is 0. The highest BCUT2D eigenvalue weighted by molar-refractivity contribution is 6.90. The molecule has 154 valence electrons. The summed E-state index contributed by atoms with van der Waals surface area (Å²) in [5, 5.41) is 8.81. The minimum atomic E-state index is -1.38. The van der Waals surface area contributed by atoms with Crippen LogP contribution >= 0.6 is 0 Å². The summed E-state index contributed by atoms with van der Waals surface area (Å²) in [5.74, 6) is 0. The molecule has 0 heterocycles. The Kier molecular flexibility index (Phi) is 5.07. The van der Waals surface area contributed by atoms with Gasteiger partial charge in [0, 0.05) is 0 Å². The fourth-order valence-electron chi connectivity index (χ4n) is 4.65. The summed E-state index contributed by atoms with van der Waals surface area (Å²) in [4.78, 5) is 0. The van der Waals surface area contributed by atoms with E-state index in [-0.39, 0.29) is 0 Å². The molecule has 0 aliphatic carbocycles. The maximum atomic E-state index is 2.44. The van der Waals surface area contributed by atoms with Crippen LogP contribution in [-0.4, -0.2) is 16.1 Å². The SMILES string of the molecule is Cc1ccc([Si](C)(C)C)c2ccc(-c3ccc4c([Si](C)(C)C)ccc(C)c4c3)cc12. The van der Waals surface area contributed by atoms with Gasteiger partial charge in [-0.1, -0.05) is 98.2 Å². The Morgan fingerprint density at radius 1 is 0.433 bits per heavy atom. The molecule has 4 aromatic rings. The third-order valence-corrected chi connectivity index (χ3v) is 10.5. The number of benzene rings is 4. The third-order valence-electron chi connectivity index (χ3n) is 6.42. The van der Waals surface area contributed by atoms with Gasteiger partial charge >= 0.3 is 0 Å². The van der Waals surface area contributed by atoms with Crippen molar-refractivity contribution >= 4 is 48.1 Å². The molecule has 0 aromatic heterocycles. The topological polar surface area (TPSA) is 0 Å². The van der Waals surface area contributed by atoms with Crippen LogP contribution in [0.4, 0.5) is 0 Å². The van der Waals surface area contributed by atoms with Gasteiger partial charge in [-0.3, -0.25) is 0 Å². The van der Waals surface area contributed by atoms with E-state index < -0.39 is 16.1 Å². The molecule has 0 bridgehead atoms. The van der Waals surface area contributed by atoms with Gasteiger partial charge in [0.05, 0.1) is 16.1 Å². The molecule has 0 unspecified atom stereocenters. The average molecular weight is 427 g/mol. The summed E-state index contributed by atoms with van der Waals surface area (Å²) in [6.45, 7) is 19.1. The van der Waals surface area contributed by atoms with E-state index in [9.17, 15) is 0 Å². The quantitative estimate of drug-likeness (QED) is 0.300. The van der Waals surface area contributed by atoms with Gasteiger partial charge in [0.15, 0.2) is 0 Å². The number of fused-ring (bicyclic) bond motifs is 2. The standard InChI is InChI=1S/C28H34Si2/c1-19-9-15-27(29(3,4)5)23-13-11-21(17-25(19)23)22-12-14-24-26(18-22)20(2)10-16-28(24)30(6,7)8/h9-18H,1-8H3. The van der Waals surface area contributed by atoms with Crippen molar-refractivity contribution < 1.29 is 0 Å². The Bertz CT molecular complexity index is 1170. The molecule has 0 fully saturated rings. The molecule has 0 radical (unpaired) electrons. The van der Waals surface area contributed by atoms with Crippen molar-refractivity contribution in [1.82, 2.24) is 0 Å². The van der Waals surface area contributed by atoms with Gasteiger partial charge in [-0.2, -0.15) is 0 Å². The lowest BCUT2D eigenvalue weighted by molar-refractivity contribution is 1.52. The summed E-state index contributed by atoms with van der Waals surface area (Å²) in [5.41, 5.74) is 5.37. The predicted molar refractivity (Wildman–Crippen MR) is 142 cm³/mol. The highest BCUT2D eigenvalue weighted by Gasteiger charge is 2.21. The normalized spacial score (nSPS) is 12.7. The van der Waals surface area contributed by atoms with Crippen molar-refractivity contribution in [2.75, 3.05) is 0 Å². The van der Waals surface area contributed by atoms with Crippen molar-refractivity contribution in [2.24, 2.45) is 0 Å². The van der Waals surface area contributed by atoms with E-state index in [4.69, 9.17) is 0 Å². The van der Waals surface area contributed by atoms with Crippen LogP contribution in [0.1, 0.15) is 11.1 Å². The second-order valence-corrected chi connectivity index (χ2v) is 21.0. The van der Waals surface area contributed by atoms with Gasteiger partial charge in [-0.15, -0.1) is 0 Å². The lowest BCUT2D eigenvalue weighted by atomic mass is 9.96. The zero-order valence-electron chi connectivity index (χ0n) is 19.8. The van der Waals surface area contributed by atoms with E-state index in [1.807, 2.05) is 0 Å². The first-order chi connectivity index (χ1) is 14.0. The highest BCUT2D eigenvalue weighted by atomic mass is 28.3. The lowest BCUT2D eigenvalue weighted by Gasteiger charge is -2.21. The first kappa shape index (κ1) is 21.1. The Morgan fingerprint density at radius 3 is 1.13 bits per heavy atom. The fourth-order valence-corrected chi connectivity index (χ4v) is 7.87. The minimum Gasteiger partial charge on any atom is -0.0656 e. The molecular weight excluding hydrogens is 392 g/mol. The van der Waals surface area contributed by atoms with E-state index in [1.54, 1.807) is 10.4 Å².